The molecule has 0 bridgehead atoms. The number of carbonyl (C=O) groups excluding carboxylic acids is 1. The van der Waals surface area contributed by atoms with Crippen molar-refractivity contribution in [1.29, 1.82) is 0 Å². The number of carbonyl (C=O) groups is 1. The molecule has 1 aliphatic rings. The Morgan fingerprint density at radius 1 is 1.33 bits per heavy atom. The van der Waals surface area contributed by atoms with Crippen molar-refractivity contribution in [1.82, 2.24) is 4.90 Å². The highest BCUT2D eigenvalue weighted by Crippen LogP contribution is 2.37. The second kappa shape index (κ2) is 5.96. The first-order chi connectivity index (χ1) is 9.84. The lowest BCUT2D eigenvalue weighted by Crippen LogP contribution is -2.41. The molecule has 0 radical (unpaired) electrons. The highest BCUT2D eigenvalue weighted by molar-refractivity contribution is 5.99. The molecule has 4 heteroatoms. The number of amides is 1. The lowest BCUT2D eigenvalue weighted by atomic mass is 9.75. The van der Waals surface area contributed by atoms with E-state index >= 15 is 0 Å². The monoisotopic (exact) mass is 290 g/mol. The van der Waals surface area contributed by atoms with Crippen LogP contribution in [-0.2, 0) is 0 Å². The minimum absolute atomic E-state index is 0.0175. The van der Waals surface area contributed by atoms with E-state index in [1.165, 1.54) is 0 Å². The molecular formula is C17H26N2O2. The van der Waals surface area contributed by atoms with Gasteiger partial charge in [0, 0.05) is 18.8 Å². The molecule has 0 heterocycles. The standard InChI is InChI=1S/C17H26N2O2/c1-17(2)9-7-12(8-10-17)19(3)16(20)14-11-13(21-4)5-6-15(14)18/h5-6,11-12H,7-10,18H2,1-4H3. The van der Waals surface area contributed by atoms with E-state index in [0.29, 0.717) is 28.5 Å². The summed E-state index contributed by atoms with van der Waals surface area (Å²) < 4.78 is 5.19. The van der Waals surface area contributed by atoms with Crippen molar-refractivity contribution in [2.45, 2.75) is 45.6 Å². The molecule has 0 atom stereocenters. The van der Waals surface area contributed by atoms with Gasteiger partial charge in [-0.1, -0.05) is 13.8 Å². The second-order valence-corrected chi connectivity index (χ2v) is 6.76. The average molecular weight is 290 g/mol. The van der Waals surface area contributed by atoms with Crippen LogP contribution in [-0.4, -0.2) is 31.0 Å². The Kier molecular flexibility index (Phi) is 4.45. The van der Waals surface area contributed by atoms with Crippen LogP contribution in [0.2, 0.25) is 0 Å². The topological polar surface area (TPSA) is 55.6 Å². The quantitative estimate of drug-likeness (QED) is 0.869. The lowest BCUT2D eigenvalue weighted by molar-refractivity contribution is 0.0636. The molecule has 0 aromatic heterocycles. The Morgan fingerprint density at radius 2 is 1.95 bits per heavy atom. The lowest BCUT2D eigenvalue weighted by Gasteiger charge is -2.38. The summed E-state index contributed by atoms with van der Waals surface area (Å²) in [6.07, 6.45) is 4.42. The maximum absolute atomic E-state index is 12.7. The van der Waals surface area contributed by atoms with Gasteiger partial charge >= 0.3 is 0 Å². The fourth-order valence-corrected chi connectivity index (χ4v) is 2.97. The summed E-state index contributed by atoms with van der Waals surface area (Å²) in [5.74, 6) is 0.641. The van der Waals surface area contributed by atoms with E-state index in [2.05, 4.69) is 13.8 Å². The molecule has 0 spiro atoms. The summed E-state index contributed by atoms with van der Waals surface area (Å²) in [7, 11) is 3.47. The first kappa shape index (κ1) is 15.7. The van der Waals surface area contributed by atoms with E-state index in [1.54, 1.807) is 25.3 Å². The first-order valence-corrected chi connectivity index (χ1v) is 7.55. The van der Waals surface area contributed by atoms with Gasteiger partial charge in [-0.2, -0.15) is 0 Å². The number of benzene rings is 1. The molecule has 116 valence electrons. The smallest absolute Gasteiger partial charge is 0.256 e. The van der Waals surface area contributed by atoms with Crippen molar-refractivity contribution in [2.24, 2.45) is 5.41 Å². The minimum atomic E-state index is -0.0175. The molecule has 2 rings (SSSR count). The molecule has 1 fully saturated rings. The summed E-state index contributed by atoms with van der Waals surface area (Å²) >= 11 is 0. The number of hydrogen-bond acceptors (Lipinski definition) is 3. The third-order valence-corrected chi connectivity index (χ3v) is 4.67. The number of ether oxygens (including phenoxy) is 1. The van der Waals surface area contributed by atoms with Crippen molar-refractivity contribution in [2.75, 3.05) is 19.9 Å². The fraction of sp³-hybridized carbons (Fsp3) is 0.588. The Hall–Kier alpha value is -1.71. The summed E-state index contributed by atoms with van der Waals surface area (Å²) in [4.78, 5) is 14.5. The highest BCUT2D eigenvalue weighted by Gasteiger charge is 2.31. The SMILES string of the molecule is COc1ccc(N)c(C(=O)N(C)C2CCC(C)(C)CC2)c1. The Bertz CT molecular complexity index is 516. The molecule has 0 aliphatic heterocycles. The van der Waals surface area contributed by atoms with Crippen molar-refractivity contribution in [3.05, 3.63) is 23.8 Å². The summed E-state index contributed by atoms with van der Waals surface area (Å²) in [5.41, 5.74) is 7.38. The summed E-state index contributed by atoms with van der Waals surface area (Å²) in [5, 5.41) is 0. The van der Waals surface area contributed by atoms with Crippen molar-refractivity contribution < 1.29 is 9.53 Å². The normalized spacial score (nSPS) is 18.3. The largest absolute Gasteiger partial charge is 0.497 e. The number of rotatable bonds is 3. The van der Waals surface area contributed by atoms with E-state index in [0.717, 1.165) is 25.7 Å². The van der Waals surface area contributed by atoms with Gasteiger partial charge in [-0.15, -0.1) is 0 Å². The molecular weight excluding hydrogens is 264 g/mol. The van der Waals surface area contributed by atoms with Gasteiger partial charge in [0.15, 0.2) is 0 Å². The highest BCUT2D eigenvalue weighted by atomic mass is 16.5. The van der Waals surface area contributed by atoms with Crippen LogP contribution in [0.15, 0.2) is 18.2 Å². The van der Waals surface area contributed by atoms with Crippen molar-refractivity contribution >= 4 is 11.6 Å². The van der Waals surface area contributed by atoms with E-state index in [4.69, 9.17) is 10.5 Å². The van der Waals surface area contributed by atoms with Gasteiger partial charge < -0.3 is 15.4 Å². The molecule has 21 heavy (non-hydrogen) atoms. The fourth-order valence-electron chi connectivity index (χ4n) is 2.97. The van der Waals surface area contributed by atoms with E-state index < -0.39 is 0 Å². The van der Waals surface area contributed by atoms with E-state index in [9.17, 15) is 4.79 Å². The van der Waals surface area contributed by atoms with Gasteiger partial charge in [0.05, 0.1) is 12.7 Å². The predicted octanol–water partition coefficient (Wildman–Crippen LogP) is 3.32. The van der Waals surface area contributed by atoms with Gasteiger partial charge in [0.2, 0.25) is 0 Å². The number of nitrogen functional groups attached to an aromatic ring is 1. The zero-order valence-corrected chi connectivity index (χ0v) is 13.5. The van der Waals surface area contributed by atoms with Gasteiger partial charge in [0.1, 0.15) is 5.75 Å². The van der Waals surface area contributed by atoms with Crippen LogP contribution < -0.4 is 10.5 Å². The molecule has 2 N–H and O–H groups in total. The van der Waals surface area contributed by atoms with Crippen LogP contribution in [0.1, 0.15) is 49.9 Å². The molecule has 1 aromatic rings. The number of anilines is 1. The molecule has 0 unspecified atom stereocenters. The maximum atomic E-state index is 12.7. The molecule has 0 saturated heterocycles. The number of nitrogens with two attached hydrogens (primary N) is 1. The molecule has 4 nitrogen and oxygen atoms in total. The van der Waals surface area contributed by atoms with E-state index in [-0.39, 0.29) is 5.91 Å². The Labute approximate surface area is 127 Å². The number of nitrogens with zero attached hydrogens (tertiary/aromatic N) is 1. The van der Waals surface area contributed by atoms with Crippen LogP contribution in [0.4, 0.5) is 5.69 Å². The molecule has 1 aliphatic carbocycles. The Balaban J connectivity index is 2.13. The second-order valence-electron chi connectivity index (χ2n) is 6.76. The third kappa shape index (κ3) is 3.49. The van der Waals surface area contributed by atoms with Gasteiger partial charge in [-0.25, -0.2) is 0 Å². The van der Waals surface area contributed by atoms with Gasteiger partial charge in [-0.05, 0) is 49.3 Å². The maximum Gasteiger partial charge on any atom is 0.256 e. The molecule has 1 saturated carbocycles. The van der Waals surface area contributed by atoms with Crippen LogP contribution in [0.5, 0.6) is 5.75 Å². The van der Waals surface area contributed by atoms with Crippen LogP contribution >= 0.6 is 0 Å². The summed E-state index contributed by atoms with van der Waals surface area (Å²) in [6, 6.07) is 5.52. The van der Waals surface area contributed by atoms with Crippen molar-refractivity contribution in [3.63, 3.8) is 0 Å². The summed E-state index contributed by atoms with van der Waals surface area (Å²) in [6.45, 7) is 4.59. The Morgan fingerprint density at radius 3 is 2.52 bits per heavy atom. The molecule has 1 aromatic carbocycles. The van der Waals surface area contributed by atoms with Crippen LogP contribution in [0, 0.1) is 5.41 Å². The van der Waals surface area contributed by atoms with Gasteiger partial charge in [-0.3, -0.25) is 4.79 Å². The zero-order valence-electron chi connectivity index (χ0n) is 13.5. The van der Waals surface area contributed by atoms with Crippen LogP contribution in [0.3, 0.4) is 0 Å². The third-order valence-electron chi connectivity index (χ3n) is 4.67. The average Bonchev–Trinajstić information content (AvgIpc) is 2.46. The molecule has 1 amide bonds. The number of methoxy groups -OCH3 is 1. The van der Waals surface area contributed by atoms with Gasteiger partial charge in [0.25, 0.3) is 5.91 Å². The van der Waals surface area contributed by atoms with Crippen LogP contribution in [0.25, 0.3) is 0 Å². The minimum Gasteiger partial charge on any atom is -0.497 e. The first-order valence-electron chi connectivity index (χ1n) is 7.55. The van der Waals surface area contributed by atoms with E-state index in [1.807, 2.05) is 11.9 Å². The number of hydrogen-bond donors (Lipinski definition) is 1. The zero-order chi connectivity index (χ0) is 15.6. The predicted molar refractivity (Wildman–Crippen MR) is 85.5 cm³/mol. The van der Waals surface area contributed by atoms with Crippen molar-refractivity contribution in [3.8, 4) is 5.75 Å².